The van der Waals surface area contributed by atoms with Gasteiger partial charge in [0.15, 0.2) is 6.04 Å². The van der Waals surface area contributed by atoms with Crippen molar-refractivity contribution in [3.63, 3.8) is 0 Å². The number of imidazole rings is 1. The number of amides is 4. The van der Waals surface area contributed by atoms with Crippen LogP contribution in [0.1, 0.15) is 32.9 Å². The number of rotatable bonds is 13. The van der Waals surface area contributed by atoms with Gasteiger partial charge in [-0.15, -0.1) is 0 Å². The van der Waals surface area contributed by atoms with Gasteiger partial charge in [0.1, 0.15) is 12.1 Å². The molecule has 0 aliphatic heterocycles. The summed E-state index contributed by atoms with van der Waals surface area (Å²) < 4.78 is 0. The molecule has 0 fully saturated rings. The van der Waals surface area contributed by atoms with E-state index in [2.05, 4.69) is 25.9 Å². The van der Waals surface area contributed by atoms with E-state index in [0.717, 1.165) is 0 Å². The van der Waals surface area contributed by atoms with Crippen LogP contribution in [0, 0.1) is 5.92 Å². The van der Waals surface area contributed by atoms with Crippen LogP contribution in [0.4, 0.5) is 0 Å². The fourth-order valence-electron chi connectivity index (χ4n) is 2.84. The number of aliphatic hydroxyl groups excluding tert-OH is 1. The molecule has 4 amide bonds. The smallest absolute Gasteiger partial charge is 0.328 e. The number of aromatic nitrogens is 2. The first-order chi connectivity index (χ1) is 15.3. The third kappa shape index (κ3) is 8.86. The number of H-pyrrole nitrogens is 1. The first-order valence-electron chi connectivity index (χ1n) is 10.2. The highest BCUT2D eigenvalue weighted by molar-refractivity contribution is 5.96. The molecule has 0 bridgehead atoms. The molecule has 0 aromatic carbocycles. The van der Waals surface area contributed by atoms with Crippen LogP contribution in [0.2, 0.25) is 0 Å². The van der Waals surface area contributed by atoms with Crippen LogP contribution >= 0.6 is 0 Å². The molecule has 5 unspecified atom stereocenters. The molecule has 33 heavy (non-hydrogen) atoms. The Kier molecular flexibility index (Phi) is 10.4. The van der Waals surface area contributed by atoms with Crippen LogP contribution in [0.15, 0.2) is 12.5 Å². The summed E-state index contributed by atoms with van der Waals surface area (Å²) >= 11 is 0. The highest BCUT2D eigenvalue weighted by Gasteiger charge is 2.33. The number of carboxylic acids is 1. The summed E-state index contributed by atoms with van der Waals surface area (Å²) in [5.74, 6) is -5.36. The second kappa shape index (κ2) is 12.5. The fourth-order valence-corrected chi connectivity index (χ4v) is 2.84. The summed E-state index contributed by atoms with van der Waals surface area (Å²) in [6.45, 7) is 4.36. The lowest BCUT2D eigenvalue weighted by molar-refractivity contribution is -0.145. The molecule has 0 aliphatic carbocycles. The monoisotopic (exact) mass is 469 g/mol. The number of carbonyl (C=O) groups excluding carboxylic acids is 4. The zero-order valence-electron chi connectivity index (χ0n) is 18.6. The van der Waals surface area contributed by atoms with Gasteiger partial charge >= 0.3 is 5.97 Å². The van der Waals surface area contributed by atoms with Crippen molar-refractivity contribution in [2.75, 3.05) is 0 Å². The van der Waals surface area contributed by atoms with Gasteiger partial charge in [-0.2, -0.15) is 0 Å². The molecule has 5 atom stereocenters. The summed E-state index contributed by atoms with van der Waals surface area (Å²) in [4.78, 5) is 67.1. The van der Waals surface area contributed by atoms with E-state index in [1.807, 2.05) is 0 Å². The van der Waals surface area contributed by atoms with Gasteiger partial charge in [0, 0.05) is 18.3 Å². The number of nitrogens with one attached hydrogen (secondary N) is 4. The molecule has 14 heteroatoms. The van der Waals surface area contributed by atoms with E-state index in [4.69, 9.17) is 16.6 Å². The van der Waals surface area contributed by atoms with Crippen LogP contribution in [0.3, 0.4) is 0 Å². The second-order valence-electron chi connectivity index (χ2n) is 7.91. The van der Waals surface area contributed by atoms with Gasteiger partial charge in [-0.3, -0.25) is 19.2 Å². The standard InChI is InChI=1S/C19H31N7O7/c1-8(2)14(18(31)26-15(9(3)27)19(32)33)25-17(30)12(5-13(21)28)24-16(29)11(20)4-10-6-22-7-23-10/h6-9,11-12,14-15,27H,4-5,20H2,1-3H3,(H2,21,28)(H,22,23)(H,24,29)(H,25,30)(H,26,31)(H,32,33). The molecule has 184 valence electrons. The first-order valence-corrected chi connectivity index (χ1v) is 10.2. The molecule has 1 rings (SSSR count). The molecular formula is C19H31N7O7. The number of carbonyl (C=O) groups is 5. The Morgan fingerprint density at radius 2 is 1.64 bits per heavy atom. The van der Waals surface area contributed by atoms with Crippen LogP contribution in [-0.2, 0) is 30.4 Å². The summed E-state index contributed by atoms with van der Waals surface area (Å²) in [5.41, 5.74) is 11.6. The number of nitrogens with zero attached hydrogens (tertiary/aromatic N) is 1. The van der Waals surface area contributed by atoms with Crippen molar-refractivity contribution in [3.05, 3.63) is 18.2 Å². The predicted octanol–water partition coefficient (Wildman–Crippen LogP) is -3.27. The van der Waals surface area contributed by atoms with Gasteiger partial charge < -0.3 is 42.6 Å². The summed E-state index contributed by atoms with van der Waals surface area (Å²) in [5, 5.41) is 25.6. The molecule has 0 saturated carbocycles. The minimum absolute atomic E-state index is 0.0870. The molecule has 14 nitrogen and oxygen atoms in total. The van der Waals surface area contributed by atoms with Crippen molar-refractivity contribution >= 4 is 29.6 Å². The zero-order chi connectivity index (χ0) is 25.3. The van der Waals surface area contributed by atoms with E-state index in [-0.39, 0.29) is 6.42 Å². The zero-order valence-corrected chi connectivity index (χ0v) is 18.6. The van der Waals surface area contributed by atoms with Crippen LogP contribution in [0.25, 0.3) is 0 Å². The number of carboxylic acid groups (broad SMARTS) is 1. The number of nitrogens with two attached hydrogens (primary N) is 2. The Morgan fingerprint density at radius 3 is 2.09 bits per heavy atom. The van der Waals surface area contributed by atoms with Crippen molar-refractivity contribution in [2.24, 2.45) is 17.4 Å². The molecule has 0 aliphatic rings. The largest absolute Gasteiger partial charge is 0.480 e. The number of hydrogen-bond donors (Lipinski definition) is 8. The molecule has 0 saturated heterocycles. The minimum Gasteiger partial charge on any atom is -0.480 e. The lowest BCUT2D eigenvalue weighted by Crippen LogP contribution is -2.60. The highest BCUT2D eigenvalue weighted by Crippen LogP contribution is 2.06. The van der Waals surface area contributed by atoms with Gasteiger partial charge in [0.25, 0.3) is 0 Å². The molecular weight excluding hydrogens is 438 g/mol. The van der Waals surface area contributed by atoms with Crippen molar-refractivity contribution in [1.29, 1.82) is 0 Å². The normalized spacial score (nSPS) is 15.6. The average molecular weight is 469 g/mol. The quantitative estimate of drug-likeness (QED) is 0.144. The maximum atomic E-state index is 12.8. The lowest BCUT2D eigenvalue weighted by atomic mass is 10.0. The SMILES string of the molecule is CC(C)C(NC(=O)C(CC(N)=O)NC(=O)C(N)Cc1cnc[nH]1)C(=O)NC(C(=O)O)C(C)O. The van der Waals surface area contributed by atoms with Crippen molar-refractivity contribution in [2.45, 2.75) is 63.9 Å². The number of aliphatic carboxylic acids is 1. The molecule has 1 aromatic rings. The van der Waals surface area contributed by atoms with E-state index in [0.29, 0.717) is 5.69 Å². The van der Waals surface area contributed by atoms with Crippen LogP contribution in [0.5, 0.6) is 0 Å². The molecule has 1 aromatic heterocycles. The molecule has 0 radical (unpaired) electrons. The van der Waals surface area contributed by atoms with E-state index in [1.54, 1.807) is 13.8 Å². The fraction of sp³-hybridized carbons (Fsp3) is 0.579. The average Bonchev–Trinajstić information content (AvgIpc) is 3.21. The Balaban J connectivity index is 2.92. The van der Waals surface area contributed by atoms with E-state index in [9.17, 15) is 29.1 Å². The molecule has 10 N–H and O–H groups in total. The number of aromatic amines is 1. The lowest BCUT2D eigenvalue weighted by Gasteiger charge is -2.27. The van der Waals surface area contributed by atoms with E-state index in [1.165, 1.54) is 19.4 Å². The van der Waals surface area contributed by atoms with Gasteiger partial charge in [0.05, 0.1) is 24.9 Å². The Hall–Kier alpha value is -3.52. The Labute approximate surface area is 189 Å². The van der Waals surface area contributed by atoms with Crippen LogP contribution < -0.4 is 27.4 Å². The Morgan fingerprint density at radius 1 is 1.03 bits per heavy atom. The highest BCUT2D eigenvalue weighted by atomic mass is 16.4. The van der Waals surface area contributed by atoms with Crippen LogP contribution in [-0.4, -0.2) is 80.1 Å². The molecule has 0 spiro atoms. The van der Waals surface area contributed by atoms with Crippen molar-refractivity contribution < 1.29 is 34.2 Å². The van der Waals surface area contributed by atoms with Crippen molar-refractivity contribution in [1.82, 2.24) is 25.9 Å². The maximum Gasteiger partial charge on any atom is 0.328 e. The molecule has 1 heterocycles. The number of hydrogen-bond acceptors (Lipinski definition) is 8. The van der Waals surface area contributed by atoms with E-state index < -0.39 is 72.2 Å². The topological polar surface area (TPSA) is 243 Å². The summed E-state index contributed by atoms with van der Waals surface area (Å²) in [7, 11) is 0. The summed E-state index contributed by atoms with van der Waals surface area (Å²) in [6, 6.07) is -5.33. The Bertz CT molecular complexity index is 842. The van der Waals surface area contributed by atoms with Gasteiger partial charge in [-0.05, 0) is 12.8 Å². The maximum absolute atomic E-state index is 12.8. The van der Waals surface area contributed by atoms with Gasteiger partial charge in [-0.1, -0.05) is 13.8 Å². The van der Waals surface area contributed by atoms with E-state index >= 15 is 0 Å². The minimum atomic E-state index is -1.60. The van der Waals surface area contributed by atoms with Gasteiger partial charge in [-0.25, -0.2) is 9.78 Å². The summed E-state index contributed by atoms with van der Waals surface area (Å²) in [6.07, 6.45) is 1.01. The van der Waals surface area contributed by atoms with Crippen molar-refractivity contribution in [3.8, 4) is 0 Å². The first kappa shape index (κ1) is 27.5. The second-order valence-corrected chi connectivity index (χ2v) is 7.91. The number of primary amides is 1. The third-order valence-electron chi connectivity index (χ3n) is 4.66. The van der Waals surface area contributed by atoms with Gasteiger partial charge in [0.2, 0.25) is 23.6 Å². The predicted molar refractivity (Wildman–Crippen MR) is 114 cm³/mol. The number of aliphatic hydroxyl groups is 1. The third-order valence-corrected chi connectivity index (χ3v) is 4.66.